The number of aromatic nitrogens is 1. The second-order valence-electron chi connectivity index (χ2n) is 3.15. The number of ether oxygens (including phenoxy) is 2. The number of H-pyrrole nitrogens is 1. The number of halogens is 1. The summed E-state index contributed by atoms with van der Waals surface area (Å²) in [6.07, 6.45) is 1.90. The number of hydrogen-bond acceptors (Lipinski definition) is 2. The summed E-state index contributed by atoms with van der Waals surface area (Å²) in [5.41, 5.74) is 1.05. The predicted octanol–water partition coefficient (Wildman–Crippen LogP) is 2.70. The van der Waals surface area contributed by atoms with E-state index in [2.05, 4.69) is 20.9 Å². The molecule has 0 amide bonds. The van der Waals surface area contributed by atoms with Gasteiger partial charge in [-0.2, -0.15) is 0 Å². The Bertz CT molecular complexity index is 492. The maximum atomic E-state index is 5.58. The minimum absolute atomic E-state index is 0.620. The maximum Gasteiger partial charge on any atom is 0.170 e. The molecule has 0 unspecified atom stereocenters. The molecule has 4 heteroatoms. The minimum atomic E-state index is 0.620. The first-order valence-corrected chi connectivity index (χ1v) is 5.21. The summed E-state index contributed by atoms with van der Waals surface area (Å²) >= 11 is 3.49. The van der Waals surface area contributed by atoms with Crippen LogP contribution in [0.1, 0.15) is 0 Å². The minimum Gasteiger partial charge on any atom is -0.486 e. The number of nitrogens with one attached hydrogen (secondary N) is 1. The second-order valence-corrected chi connectivity index (χ2v) is 4.00. The van der Waals surface area contributed by atoms with Crippen LogP contribution in [0.15, 0.2) is 22.8 Å². The van der Waals surface area contributed by atoms with E-state index >= 15 is 0 Å². The second kappa shape index (κ2) is 2.92. The van der Waals surface area contributed by atoms with E-state index in [4.69, 9.17) is 9.47 Å². The Morgan fingerprint density at radius 2 is 2.14 bits per heavy atom. The van der Waals surface area contributed by atoms with Crippen LogP contribution in [0.5, 0.6) is 11.5 Å². The van der Waals surface area contributed by atoms with Gasteiger partial charge < -0.3 is 14.5 Å². The van der Waals surface area contributed by atoms with E-state index in [0.717, 1.165) is 26.9 Å². The standard InChI is InChI=1S/C10H8BrNO2/c11-7-5-8-10(14-4-3-13-8)6-1-2-12-9(6)7/h1-2,5,12H,3-4H2. The fourth-order valence-corrected chi connectivity index (χ4v) is 2.23. The number of benzene rings is 1. The third-order valence-electron chi connectivity index (χ3n) is 2.30. The predicted molar refractivity (Wildman–Crippen MR) is 57.0 cm³/mol. The van der Waals surface area contributed by atoms with Gasteiger partial charge in [0, 0.05) is 22.1 Å². The van der Waals surface area contributed by atoms with E-state index in [-0.39, 0.29) is 0 Å². The summed E-state index contributed by atoms with van der Waals surface area (Å²) in [6.45, 7) is 1.24. The van der Waals surface area contributed by atoms with Gasteiger partial charge in [-0.25, -0.2) is 0 Å². The summed E-state index contributed by atoms with van der Waals surface area (Å²) in [7, 11) is 0. The topological polar surface area (TPSA) is 34.2 Å². The van der Waals surface area contributed by atoms with Gasteiger partial charge >= 0.3 is 0 Å². The lowest BCUT2D eigenvalue weighted by Gasteiger charge is -2.19. The lowest BCUT2D eigenvalue weighted by atomic mass is 10.2. The molecule has 0 spiro atoms. The number of fused-ring (bicyclic) bond motifs is 3. The highest BCUT2D eigenvalue weighted by molar-refractivity contribution is 9.10. The number of aromatic amines is 1. The van der Waals surface area contributed by atoms with Gasteiger partial charge in [0.05, 0.1) is 5.52 Å². The Kier molecular flexibility index (Phi) is 1.70. The van der Waals surface area contributed by atoms with Crippen LogP contribution in [-0.2, 0) is 0 Å². The Hall–Kier alpha value is -1.16. The highest BCUT2D eigenvalue weighted by Crippen LogP contribution is 2.41. The summed E-state index contributed by atoms with van der Waals surface area (Å²) < 4.78 is 12.1. The van der Waals surface area contributed by atoms with Crippen molar-refractivity contribution < 1.29 is 9.47 Å². The third kappa shape index (κ3) is 1.04. The molecule has 0 saturated carbocycles. The van der Waals surface area contributed by atoms with Crippen LogP contribution in [0, 0.1) is 0 Å². The quantitative estimate of drug-likeness (QED) is 0.784. The van der Waals surface area contributed by atoms with Crippen molar-refractivity contribution in [2.24, 2.45) is 0 Å². The third-order valence-corrected chi connectivity index (χ3v) is 2.92. The first kappa shape index (κ1) is 8.17. The zero-order chi connectivity index (χ0) is 9.54. The molecular formula is C10H8BrNO2. The number of rotatable bonds is 0. The van der Waals surface area contributed by atoms with Gasteiger partial charge in [0.15, 0.2) is 11.5 Å². The van der Waals surface area contributed by atoms with E-state index in [0.29, 0.717) is 13.2 Å². The van der Waals surface area contributed by atoms with E-state index in [1.165, 1.54) is 0 Å². The SMILES string of the molecule is Brc1cc2c(c3cc[nH]c13)OCCO2. The fourth-order valence-electron chi connectivity index (χ4n) is 1.69. The average Bonchev–Trinajstić information content (AvgIpc) is 2.67. The van der Waals surface area contributed by atoms with Gasteiger partial charge in [-0.3, -0.25) is 0 Å². The molecule has 1 aromatic carbocycles. The van der Waals surface area contributed by atoms with Crippen molar-refractivity contribution >= 4 is 26.8 Å². The summed E-state index contributed by atoms with van der Waals surface area (Å²) in [4.78, 5) is 3.16. The molecule has 1 aliphatic heterocycles. The molecule has 14 heavy (non-hydrogen) atoms. The van der Waals surface area contributed by atoms with Crippen molar-refractivity contribution in [2.45, 2.75) is 0 Å². The molecule has 1 aromatic heterocycles. The summed E-state index contributed by atoms with van der Waals surface area (Å²) in [6, 6.07) is 3.93. The first-order valence-electron chi connectivity index (χ1n) is 4.41. The molecule has 0 aliphatic carbocycles. The van der Waals surface area contributed by atoms with Crippen LogP contribution in [0.25, 0.3) is 10.9 Å². The lowest BCUT2D eigenvalue weighted by Crippen LogP contribution is -2.15. The van der Waals surface area contributed by atoms with E-state index < -0.39 is 0 Å². The Labute approximate surface area is 89.1 Å². The molecule has 0 radical (unpaired) electrons. The smallest absolute Gasteiger partial charge is 0.170 e. The molecule has 2 aromatic rings. The van der Waals surface area contributed by atoms with Crippen molar-refractivity contribution in [1.29, 1.82) is 0 Å². The highest BCUT2D eigenvalue weighted by Gasteiger charge is 2.17. The zero-order valence-electron chi connectivity index (χ0n) is 7.34. The van der Waals surface area contributed by atoms with E-state index in [9.17, 15) is 0 Å². The van der Waals surface area contributed by atoms with Gasteiger partial charge in [-0.05, 0) is 22.0 Å². The summed E-state index contributed by atoms with van der Waals surface area (Å²) in [5, 5.41) is 1.06. The van der Waals surface area contributed by atoms with Gasteiger partial charge in [0.2, 0.25) is 0 Å². The molecule has 3 rings (SSSR count). The van der Waals surface area contributed by atoms with Crippen molar-refractivity contribution in [3.05, 3.63) is 22.8 Å². The van der Waals surface area contributed by atoms with Gasteiger partial charge in [-0.15, -0.1) is 0 Å². The average molecular weight is 254 g/mol. The molecule has 1 N–H and O–H groups in total. The largest absolute Gasteiger partial charge is 0.486 e. The molecule has 2 heterocycles. The van der Waals surface area contributed by atoms with E-state index in [1.807, 2.05) is 18.3 Å². The van der Waals surface area contributed by atoms with Crippen molar-refractivity contribution in [1.82, 2.24) is 4.98 Å². The Morgan fingerprint density at radius 3 is 3.07 bits per heavy atom. The maximum absolute atomic E-state index is 5.58. The van der Waals surface area contributed by atoms with Gasteiger partial charge in [0.25, 0.3) is 0 Å². The molecule has 0 atom stereocenters. The summed E-state index contributed by atoms with van der Waals surface area (Å²) in [5.74, 6) is 1.66. The van der Waals surface area contributed by atoms with Crippen molar-refractivity contribution in [2.75, 3.05) is 13.2 Å². The molecule has 72 valence electrons. The van der Waals surface area contributed by atoms with Gasteiger partial charge in [0.1, 0.15) is 13.2 Å². The van der Waals surface area contributed by atoms with Crippen LogP contribution in [0.4, 0.5) is 0 Å². The van der Waals surface area contributed by atoms with Crippen LogP contribution < -0.4 is 9.47 Å². The van der Waals surface area contributed by atoms with Crippen LogP contribution in [-0.4, -0.2) is 18.2 Å². The van der Waals surface area contributed by atoms with Crippen LogP contribution in [0.3, 0.4) is 0 Å². The highest BCUT2D eigenvalue weighted by atomic mass is 79.9. The normalized spacial score (nSPS) is 14.6. The van der Waals surface area contributed by atoms with Gasteiger partial charge in [-0.1, -0.05) is 0 Å². The fraction of sp³-hybridized carbons (Fsp3) is 0.200. The first-order chi connectivity index (χ1) is 6.86. The Morgan fingerprint density at radius 1 is 1.29 bits per heavy atom. The number of hydrogen-bond donors (Lipinski definition) is 1. The molecule has 3 nitrogen and oxygen atoms in total. The van der Waals surface area contributed by atoms with E-state index in [1.54, 1.807) is 0 Å². The molecule has 1 aliphatic rings. The van der Waals surface area contributed by atoms with Crippen LogP contribution in [0.2, 0.25) is 0 Å². The molecule has 0 saturated heterocycles. The monoisotopic (exact) mass is 253 g/mol. The zero-order valence-corrected chi connectivity index (χ0v) is 8.93. The molecule has 0 fully saturated rings. The van der Waals surface area contributed by atoms with Crippen molar-refractivity contribution in [3.8, 4) is 11.5 Å². The van der Waals surface area contributed by atoms with Crippen molar-refractivity contribution in [3.63, 3.8) is 0 Å². The van der Waals surface area contributed by atoms with Crippen LogP contribution >= 0.6 is 15.9 Å². The molecular weight excluding hydrogens is 246 g/mol. The Balaban J connectivity index is 2.38. The molecule has 0 bridgehead atoms. The lowest BCUT2D eigenvalue weighted by molar-refractivity contribution is 0.174.